The first-order chi connectivity index (χ1) is 16.2. The smallest absolute Gasteiger partial charge is 0.264 e. The number of ether oxygens (including phenoxy) is 3. The summed E-state index contributed by atoms with van der Waals surface area (Å²) in [5.41, 5.74) is 7.22. The standard InChI is InChI=1S/C24H25ClN2O6S/c1-31-19-7-4-16(5-8-19)12-17-13-18(25)6-10-21(17)27(15-24(26)28)34(29,30)20-9-11-22(32-2)23(14-20)33-3/h4-11,13-14H,12,15H2,1-3H3,(H2,26,28). The largest absolute Gasteiger partial charge is 0.497 e. The summed E-state index contributed by atoms with van der Waals surface area (Å²) in [5.74, 6) is 0.489. The lowest BCUT2D eigenvalue weighted by Crippen LogP contribution is -2.39. The van der Waals surface area contributed by atoms with Gasteiger partial charge < -0.3 is 19.9 Å². The maximum absolute atomic E-state index is 13.7. The summed E-state index contributed by atoms with van der Waals surface area (Å²) >= 11 is 6.24. The molecule has 0 aliphatic carbocycles. The molecule has 1 amide bonds. The van der Waals surface area contributed by atoms with Crippen LogP contribution in [0.1, 0.15) is 11.1 Å². The Labute approximate surface area is 203 Å². The van der Waals surface area contributed by atoms with Crippen LogP contribution < -0.4 is 24.2 Å². The molecule has 3 aromatic rings. The molecule has 0 radical (unpaired) electrons. The number of halogens is 1. The van der Waals surface area contributed by atoms with Crippen LogP contribution in [0.25, 0.3) is 0 Å². The molecule has 180 valence electrons. The van der Waals surface area contributed by atoms with Gasteiger partial charge in [-0.1, -0.05) is 23.7 Å². The van der Waals surface area contributed by atoms with Gasteiger partial charge in [-0.3, -0.25) is 9.10 Å². The average Bonchev–Trinajstić information content (AvgIpc) is 2.82. The SMILES string of the molecule is COc1ccc(Cc2cc(Cl)ccc2N(CC(N)=O)S(=O)(=O)c2ccc(OC)c(OC)c2)cc1. The topological polar surface area (TPSA) is 108 Å². The number of primary amides is 1. The fourth-order valence-electron chi connectivity index (χ4n) is 3.45. The minimum absolute atomic E-state index is 0.0863. The molecule has 0 aliphatic heterocycles. The predicted octanol–water partition coefficient (Wildman–Crippen LogP) is 3.64. The molecule has 0 aromatic heterocycles. The predicted molar refractivity (Wildman–Crippen MR) is 131 cm³/mol. The van der Waals surface area contributed by atoms with E-state index in [1.54, 1.807) is 37.4 Å². The van der Waals surface area contributed by atoms with Gasteiger partial charge in [0.05, 0.1) is 31.9 Å². The van der Waals surface area contributed by atoms with Crippen molar-refractivity contribution < 1.29 is 27.4 Å². The normalized spacial score (nSPS) is 11.1. The number of hydrogen-bond acceptors (Lipinski definition) is 6. The van der Waals surface area contributed by atoms with Crippen molar-refractivity contribution in [3.8, 4) is 17.2 Å². The molecule has 0 heterocycles. The molecule has 3 aromatic carbocycles. The first kappa shape index (κ1) is 25.2. The molecule has 8 nitrogen and oxygen atoms in total. The van der Waals surface area contributed by atoms with Gasteiger partial charge in [-0.05, 0) is 60.0 Å². The van der Waals surface area contributed by atoms with Gasteiger partial charge in [0.25, 0.3) is 10.0 Å². The van der Waals surface area contributed by atoms with Crippen LogP contribution in [-0.4, -0.2) is 42.2 Å². The fraction of sp³-hybridized carbons (Fsp3) is 0.208. The number of nitrogens with zero attached hydrogens (tertiary/aromatic N) is 1. The van der Waals surface area contributed by atoms with Crippen LogP contribution in [-0.2, 0) is 21.2 Å². The van der Waals surface area contributed by atoms with Crippen LogP contribution >= 0.6 is 11.6 Å². The van der Waals surface area contributed by atoms with Crippen molar-refractivity contribution in [3.05, 3.63) is 76.8 Å². The Morgan fingerprint density at radius 1 is 0.912 bits per heavy atom. The van der Waals surface area contributed by atoms with Gasteiger partial charge >= 0.3 is 0 Å². The second-order valence-electron chi connectivity index (χ2n) is 7.29. The number of benzene rings is 3. The van der Waals surface area contributed by atoms with E-state index < -0.39 is 22.5 Å². The molecule has 0 saturated heterocycles. The molecular formula is C24H25ClN2O6S. The summed E-state index contributed by atoms with van der Waals surface area (Å²) < 4.78 is 44.0. The lowest BCUT2D eigenvalue weighted by molar-refractivity contribution is -0.116. The van der Waals surface area contributed by atoms with Crippen molar-refractivity contribution in [2.45, 2.75) is 11.3 Å². The van der Waals surface area contributed by atoms with Crippen LogP contribution in [0.2, 0.25) is 5.02 Å². The Morgan fingerprint density at radius 2 is 1.59 bits per heavy atom. The molecule has 0 bridgehead atoms. The molecule has 0 saturated carbocycles. The highest BCUT2D eigenvalue weighted by molar-refractivity contribution is 7.92. The fourth-order valence-corrected chi connectivity index (χ4v) is 5.13. The Balaban J connectivity index is 2.11. The molecule has 0 spiro atoms. The number of hydrogen-bond donors (Lipinski definition) is 1. The van der Waals surface area contributed by atoms with Crippen molar-refractivity contribution in [1.29, 1.82) is 0 Å². The van der Waals surface area contributed by atoms with E-state index in [1.807, 2.05) is 12.1 Å². The van der Waals surface area contributed by atoms with Crippen molar-refractivity contribution >= 4 is 33.2 Å². The van der Waals surface area contributed by atoms with Crippen LogP contribution in [0, 0.1) is 0 Å². The van der Waals surface area contributed by atoms with Gasteiger partial charge in [-0.15, -0.1) is 0 Å². The van der Waals surface area contributed by atoms with Crippen molar-refractivity contribution in [2.75, 3.05) is 32.2 Å². The molecule has 2 N–H and O–H groups in total. The number of sulfonamides is 1. The van der Waals surface area contributed by atoms with Gasteiger partial charge in [0.15, 0.2) is 11.5 Å². The highest BCUT2D eigenvalue weighted by atomic mass is 35.5. The summed E-state index contributed by atoms with van der Waals surface area (Å²) in [6, 6.07) is 16.3. The van der Waals surface area contributed by atoms with E-state index in [-0.39, 0.29) is 16.3 Å². The third kappa shape index (κ3) is 5.55. The van der Waals surface area contributed by atoms with E-state index in [4.69, 9.17) is 31.5 Å². The number of anilines is 1. The first-order valence-corrected chi connectivity index (χ1v) is 12.0. The summed E-state index contributed by atoms with van der Waals surface area (Å²) in [5, 5.41) is 0.426. The van der Waals surface area contributed by atoms with E-state index in [0.29, 0.717) is 28.5 Å². The molecule has 0 unspecified atom stereocenters. The molecular weight excluding hydrogens is 480 g/mol. The zero-order valence-electron chi connectivity index (χ0n) is 18.9. The maximum atomic E-state index is 13.7. The third-order valence-corrected chi connectivity index (χ3v) is 7.10. The Hall–Kier alpha value is -3.43. The third-order valence-electron chi connectivity index (χ3n) is 5.11. The number of amides is 1. The highest BCUT2D eigenvalue weighted by Gasteiger charge is 2.29. The molecule has 34 heavy (non-hydrogen) atoms. The second kappa shape index (κ2) is 10.7. The van der Waals surface area contributed by atoms with Crippen LogP contribution in [0.3, 0.4) is 0 Å². The summed E-state index contributed by atoms with van der Waals surface area (Å²) in [6.07, 6.45) is 0.358. The Bertz CT molecular complexity index is 1280. The molecule has 0 atom stereocenters. The number of carbonyl (C=O) groups excluding carboxylic acids is 1. The lowest BCUT2D eigenvalue weighted by Gasteiger charge is -2.26. The monoisotopic (exact) mass is 504 g/mol. The van der Waals surface area contributed by atoms with Crippen molar-refractivity contribution in [2.24, 2.45) is 5.73 Å². The van der Waals surface area contributed by atoms with Gasteiger partial charge in [-0.25, -0.2) is 8.42 Å². The quantitative estimate of drug-likeness (QED) is 0.451. The van der Waals surface area contributed by atoms with Crippen LogP contribution in [0.15, 0.2) is 65.6 Å². The number of methoxy groups -OCH3 is 3. The van der Waals surface area contributed by atoms with Gasteiger partial charge in [0.2, 0.25) is 5.91 Å². The average molecular weight is 505 g/mol. The Kier molecular flexibility index (Phi) is 7.90. The first-order valence-electron chi connectivity index (χ1n) is 10.1. The van der Waals surface area contributed by atoms with Crippen molar-refractivity contribution in [1.82, 2.24) is 0 Å². The molecule has 3 rings (SSSR count). The highest BCUT2D eigenvalue weighted by Crippen LogP contribution is 2.34. The summed E-state index contributed by atoms with van der Waals surface area (Å²) in [6.45, 7) is -0.562. The minimum Gasteiger partial charge on any atom is -0.497 e. The van der Waals surface area contributed by atoms with Gasteiger partial charge in [0, 0.05) is 11.1 Å². The Morgan fingerprint density at radius 3 is 2.18 bits per heavy atom. The van der Waals surface area contributed by atoms with Gasteiger partial charge in [0.1, 0.15) is 12.3 Å². The second-order valence-corrected chi connectivity index (χ2v) is 9.59. The number of carbonyl (C=O) groups is 1. The molecule has 0 fully saturated rings. The van der Waals surface area contributed by atoms with Gasteiger partial charge in [-0.2, -0.15) is 0 Å². The van der Waals surface area contributed by atoms with E-state index in [9.17, 15) is 13.2 Å². The van der Waals surface area contributed by atoms with Crippen LogP contribution in [0.5, 0.6) is 17.2 Å². The lowest BCUT2D eigenvalue weighted by atomic mass is 10.0. The van der Waals surface area contributed by atoms with Crippen molar-refractivity contribution in [3.63, 3.8) is 0 Å². The number of rotatable bonds is 10. The van der Waals surface area contributed by atoms with E-state index in [1.165, 1.54) is 32.4 Å². The van der Waals surface area contributed by atoms with E-state index >= 15 is 0 Å². The minimum atomic E-state index is -4.21. The molecule has 10 heteroatoms. The summed E-state index contributed by atoms with van der Waals surface area (Å²) in [7, 11) is 0.216. The summed E-state index contributed by atoms with van der Waals surface area (Å²) in [4.78, 5) is 11.8. The molecule has 0 aliphatic rings. The number of nitrogens with two attached hydrogens (primary N) is 1. The van der Waals surface area contributed by atoms with E-state index in [0.717, 1.165) is 9.87 Å². The zero-order valence-corrected chi connectivity index (χ0v) is 20.5. The van der Waals surface area contributed by atoms with E-state index in [2.05, 4.69) is 0 Å². The zero-order chi connectivity index (χ0) is 24.9. The van der Waals surface area contributed by atoms with Crippen LogP contribution in [0.4, 0.5) is 5.69 Å². The maximum Gasteiger partial charge on any atom is 0.264 e.